The van der Waals surface area contributed by atoms with Crippen LogP contribution in [-0.2, 0) is 12.7 Å². The Morgan fingerprint density at radius 3 is 2.48 bits per heavy atom. The van der Waals surface area contributed by atoms with Gasteiger partial charge >= 0.3 is 6.18 Å². The summed E-state index contributed by atoms with van der Waals surface area (Å²) in [5, 5.41) is 0. The van der Waals surface area contributed by atoms with Crippen molar-refractivity contribution >= 4 is 0 Å². The minimum absolute atomic E-state index is 0.552. The maximum Gasteiger partial charge on any atom is 0.416 e. The van der Waals surface area contributed by atoms with Crippen molar-refractivity contribution in [2.45, 2.75) is 19.6 Å². The highest BCUT2D eigenvalue weighted by Gasteiger charge is 2.30. The summed E-state index contributed by atoms with van der Waals surface area (Å²) in [4.78, 5) is 4.47. The van der Waals surface area contributed by atoms with Crippen LogP contribution in [0.1, 0.15) is 11.3 Å². The van der Waals surface area contributed by atoms with Crippen LogP contribution in [0.15, 0.2) is 48.7 Å². The maximum absolute atomic E-state index is 12.7. The molecule has 0 radical (unpaired) electrons. The van der Waals surface area contributed by atoms with Crippen LogP contribution in [-0.4, -0.2) is 16.2 Å². The number of aryl methyl sites for hydroxylation is 1. The second kappa shape index (κ2) is 5.65. The molecule has 25 heavy (non-hydrogen) atoms. The summed E-state index contributed by atoms with van der Waals surface area (Å²) in [7, 11) is 0. The number of hydrogen-bond donors (Lipinski definition) is 0. The van der Waals surface area contributed by atoms with Crippen molar-refractivity contribution in [3.63, 3.8) is 0 Å². The molecule has 0 amide bonds. The Labute approximate surface area is 142 Å². The van der Waals surface area contributed by atoms with E-state index < -0.39 is 11.7 Å². The summed E-state index contributed by atoms with van der Waals surface area (Å²) >= 11 is 0. The lowest BCUT2D eigenvalue weighted by Gasteiger charge is -2.11. The van der Waals surface area contributed by atoms with Crippen LogP contribution in [0.3, 0.4) is 0 Å². The van der Waals surface area contributed by atoms with Crippen LogP contribution >= 0.6 is 0 Å². The third-order valence-corrected chi connectivity index (χ3v) is 4.39. The van der Waals surface area contributed by atoms with Crippen molar-refractivity contribution in [1.29, 1.82) is 0 Å². The molecular formula is C19H15F3N2O. The average molecular weight is 344 g/mol. The van der Waals surface area contributed by atoms with E-state index in [1.165, 1.54) is 12.1 Å². The van der Waals surface area contributed by atoms with Crippen LogP contribution in [0, 0.1) is 6.92 Å². The van der Waals surface area contributed by atoms with Crippen molar-refractivity contribution in [3.8, 4) is 28.3 Å². The molecule has 0 bridgehead atoms. The summed E-state index contributed by atoms with van der Waals surface area (Å²) in [6.07, 6.45) is -2.52. The highest BCUT2D eigenvalue weighted by molar-refractivity contribution is 5.75. The fourth-order valence-corrected chi connectivity index (χ4v) is 3.07. The molecule has 2 aromatic carbocycles. The molecule has 0 atom stereocenters. The third kappa shape index (κ3) is 2.77. The Hall–Kier alpha value is -2.76. The number of rotatable bonds is 1. The van der Waals surface area contributed by atoms with Crippen LogP contribution in [0.25, 0.3) is 22.5 Å². The monoisotopic (exact) mass is 344 g/mol. The van der Waals surface area contributed by atoms with E-state index in [0.717, 1.165) is 46.1 Å². The first-order valence-electron chi connectivity index (χ1n) is 7.90. The molecule has 0 saturated heterocycles. The molecule has 0 aliphatic carbocycles. The van der Waals surface area contributed by atoms with Gasteiger partial charge in [-0.05, 0) is 42.3 Å². The van der Waals surface area contributed by atoms with Gasteiger partial charge in [-0.1, -0.05) is 18.2 Å². The van der Waals surface area contributed by atoms with Gasteiger partial charge in [-0.3, -0.25) is 0 Å². The first-order valence-corrected chi connectivity index (χ1v) is 7.90. The number of aromatic nitrogens is 2. The quantitative estimate of drug-likeness (QED) is 0.625. The molecule has 0 N–H and O–H groups in total. The summed E-state index contributed by atoms with van der Waals surface area (Å²) in [5.41, 5.74) is 2.79. The minimum Gasteiger partial charge on any atom is -0.491 e. The number of hydrogen-bond acceptors (Lipinski definition) is 2. The largest absolute Gasteiger partial charge is 0.491 e. The van der Waals surface area contributed by atoms with Gasteiger partial charge in [0.2, 0.25) is 0 Å². The predicted molar refractivity (Wildman–Crippen MR) is 88.3 cm³/mol. The molecule has 3 nitrogen and oxygen atoms in total. The van der Waals surface area contributed by atoms with Crippen LogP contribution in [0.4, 0.5) is 13.2 Å². The highest BCUT2D eigenvalue weighted by Crippen LogP contribution is 2.37. The van der Waals surface area contributed by atoms with Gasteiger partial charge in [-0.25, -0.2) is 4.98 Å². The Morgan fingerprint density at radius 2 is 1.76 bits per heavy atom. The molecule has 0 saturated carbocycles. The fraction of sp³-hybridized carbons (Fsp3) is 0.211. The van der Waals surface area contributed by atoms with E-state index in [1.54, 1.807) is 0 Å². The van der Waals surface area contributed by atoms with Crippen LogP contribution in [0.2, 0.25) is 0 Å². The Bertz CT molecular complexity index is 927. The highest BCUT2D eigenvalue weighted by atomic mass is 19.4. The maximum atomic E-state index is 12.7. The van der Waals surface area contributed by atoms with Gasteiger partial charge in [0.25, 0.3) is 0 Å². The Kier molecular flexibility index (Phi) is 3.56. The number of benzene rings is 2. The molecule has 6 heteroatoms. The minimum atomic E-state index is -4.33. The van der Waals surface area contributed by atoms with Crippen molar-refractivity contribution < 1.29 is 17.9 Å². The van der Waals surface area contributed by atoms with Gasteiger partial charge in [0, 0.05) is 11.9 Å². The van der Waals surface area contributed by atoms with Crippen LogP contribution < -0.4 is 4.74 Å². The van der Waals surface area contributed by atoms with E-state index in [9.17, 15) is 13.2 Å². The Morgan fingerprint density at radius 1 is 1.04 bits per heavy atom. The van der Waals surface area contributed by atoms with Crippen molar-refractivity contribution in [2.24, 2.45) is 0 Å². The normalized spacial score (nSPS) is 13.6. The first-order chi connectivity index (χ1) is 11.9. The lowest BCUT2D eigenvalue weighted by molar-refractivity contribution is -0.137. The molecule has 4 rings (SSSR count). The zero-order chi connectivity index (χ0) is 17.6. The standard InChI is InChI=1S/C19H15F3N2O/c1-12-11-23-18-16-10-14(4-7-17(16)25-9-8-24(12)18)13-2-5-15(6-3-13)19(20,21)22/h2-7,10-11H,8-9H2,1H3. The number of nitrogens with zero attached hydrogens (tertiary/aromatic N) is 2. The molecule has 1 aliphatic rings. The van der Waals surface area contributed by atoms with Gasteiger partial charge in [0.15, 0.2) is 0 Å². The second-order valence-electron chi connectivity index (χ2n) is 6.01. The number of ether oxygens (including phenoxy) is 1. The molecule has 2 heterocycles. The summed E-state index contributed by atoms with van der Waals surface area (Å²) in [5.74, 6) is 1.55. The van der Waals surface area contributed by atoms with Crippen molar-refractivity contribution in [3.05, 3.63) is 59.9 Å². The summed E-state index contributed by atoms with van der Waals surface area (Å²) < 4.78 is 46.1. The molecule has 128 valence electrons. The van der Waals surface area contributed by atoms with Crippen LogP contribution in [0.5, 0.6) is 5.75 Å². The number of halogens is 3. The third-order valence-electron chi connectivity index (χ3n) is 4.39. The number of fused-ring (bicyclic) bond motifs is 3. The topological polar surface area (TPSA) is 27.1 Å². The van der Waals surface area contributed by atoms with Crippen molar-refractivity contribution in [1.82, 2.24) is 9.55 Å². The SMILES string of the molecule is Cc1cnc2n1CCOc1ccc(-c3ccc(C(F)(F)F)cc3)cc1-2. The summed E-state index contributed by atoms with van der Waals surface area (Å²) in [6, 6.07) is 10.8. The van der Waals surface area contributed by atoms with Gasteiger partial charge in [0.1, 0.15) is 18.2 Å². The molecule has 3 aromatic rings. The van der Waals surface area contributed by atoms with E-state index in [4.69, 9.17) is 4.74 Å². The molecule has 1 aliphatic heterocycles. The molecule has 0 unspecified atom stereocenters. The van der Waals surface area contributed by atoms with E-state index >= 15 is 0 Å². The molecule has 0 fully saturated rings. The molecule has 0 spiro atoms. The van der Waals surface area contributed by atoms with Gasteiger partial charge < -0.3 is 9.30 Å². The van der Waals surface area contributed by atoms with Gasteiger partial charge in [0.05, 0.1) is 17.7 Å². The lowest BCUT2D eigenvalue weighted by Crippen LogP contribution is -2.06. The zero-order valence-electron chi connectivity index (χ0n) is 13.5. The lowest BCUT2D eigenvalue weighted by atomic mass is 10.0. The van der Waals surface area contributed by atoms with E-state index in [-0.39, 0.29) is 0 Å². The van der Waals surface area contributed by atoms with E-state index in [0.29, 0.717) is 13.2 Å². The fourth-order valence-electron chi connectivity index (χ4n) is 3.07. The van der Waals surface area contributed by atoms with Crippen molar-refractivity contribution in [2.75, 3.05) is 6.61 Å². The smallest absolute Gasteiger partial charge is 0.416 e. The zero-order valence-corrected chi connectivity index (χ0v) is 13.5. The Balaban J connectivity index is 1.78. The summed E-state index contributed by atoms with van der Waals surface area (Å²) in [6.45, 7) is 3.25. The number of alkyl halides is 3. The second-order valence-corrected chi connectivity index (χ2v) is 6.01. The molecule has 1 aromatic heterocycles. The predicted octanol–water partition coefficient (Wildman–Crippen LogP) is 4.94. The number of imidazole rings is 1. The molecular weight excluding hydrogens is 329 g/mol. The van der Waals surface area contributed by atoms with E-state index in [1.807, 2.05) is 31.3 Å². The van der Waals surface area contributed by atoms with Gasteiger partial charge in [-0.2, -0.15) is 13.2 Å². The average Bonchev–Trinajstić information content (AvgIpc) is 2.85. The first kappa shape index (κ1) is 15.7. The van der Waals surface area contributed by atoms with Gasteiger partial charge in [-0.15, -0.1) is 0 Å². The van der Waals surface area contributed by atoms with E-state index in [2.05, 4.69) is 9.55 Å².